The lowest BCUT2D eigenvalue weighted by atomic mass is 10.1. The number of aliphatic imine (C=N–C) groups is 1. The first kappa shape index (κ1) is 20.1. The summed E-state index contributed by atoms with van der Waals surface area (Å²) in [6.07, 6.45) is 1.85. The van der Waals surface area contributed by atoms with E-state index in [-0.39, 0.29) is 0 Å². The molecule has 3 rings (SSSR count). The summed E-state index contributed by atoms with van der Waals surface area (Å²) in [5.41, 5.74) is 5.27. The summed E-state index contributed by atoms with van der Waals surface area (Å²) in [4.78, 5) is 4.61. The zero-order chi connectivity index (χ0) is 19.4. The fourth-order valence-electron chi connectivity index (χ4n) is 2.65. The maximum absolute atomic E-state index is 6.20. The largest absolute Gasteiger partial charge is 0.486 e. The quantitative estimate of drug-likeness (QED) is 0.323. The van der Waals surface area contributed by atoms with Crippen molar-refractivity contribution in [3.05, 3.63) is 90.8 Å². The van der Waals surface area contributed by atoms with Gasteiger partial charge in [-0.25, -0.2) is 0 Å². The molecule has 3 aromatic rings. The lowest BCUT2D eigenvalue weighted by Crippen LogP contribution is -1.98. The molecule has 0 aliphatic heterocycles. The van der Waals surface area contributed by atoms with Crippen LogP contribution < -0.4 is 4.74 Å². The first-order valence-corrected chi connectivity index (χ1v) is 10.4. The molecule has 0 fully saturated rings. The minimum absolute atomic E-state index is 0.396. The predicted molar refractivity (Wildman–Crippen MR) is 121 cm³/mol. The van der Waals surface area contributed by atoms with Gasteiger partial charge in [0.25, 0.3) is 0 Å². The second-order valence-corrected chi connectivity index (χ2v) is 8.36. The molecule has 0 aliphatic carbocycles. The molecule has 0 radical (unpaired) electrons. The Morgan fingerprint density at radius 1 is 1.00 bits per heavy atom. The number of benzene rings is 3. The molecule has 0 saturated heterocycles. The van der Waals surface area contributed by atoms with Crippen LogP contribution in [0.15, 0.2) is 68.5 Å². The maximum atomic E-state index is 6.20. The first-order valence-electron chi connectivity index (χ1n) is 8.40. The summed E-state index contributed by atoms with van der Waals surface area (Å²) >= 11 is 13.4. The van der Waals surface area contributed by atoms with E-state index in [0.29, 0.717) is 11.6 Å². The van der Waals surface area contributed by atoms with Crippen LogP contribution >= 0.6 is 43.5 Å². The summed E-state index contributed by atoms with van der Waals surface area (Å²) in [6.45, 7) is 4.54. The van der Waals surface area contributed by atoms with Crippen molar-refractivity contribution in [1.29, 1.82) is 0 Å². The third kappa shape index (κ3) is 5.22. The minimum atomic E-state index is 0.396. The smallest absolute Gasteiger partial charge is 0.148 e. The number of halogens is 3. The van der Waals surface area contributed by atoms with Gasteiger partial charge in [-0.2, -0.15) is 0 Å². The Labute approximate surface area is 181 Å². The number of aryl methyl sites for hydroxylation is 2. The molecule has 5 heteroatoms. The Hall–Kier alpha value is -1.62. The topological polar surface area (TPSA) is 21.6 Å². The molecule has 0 amide bonds. The van der Waals surface area contributed by atoms with Gasteiger partial charge >= 0.3 is 0 Å². The Morgan fingerprint density at radius 2 is 1.70 bits per heavy atom. The fraction of sp³-hybridized carbons (Fsp3) is 0.136. The molecular weight excluding hydrogens is 490 g/mol. The van der Waals surface area contributed by atoms with Crippen molar-refractivity contribution in [3.63, 3.8) is 0 Å². The van der Waals surface area contributed by atoms with E-state index < -0.39 is 0 Å². The zero-order valence-corrected chi connectivity index (χ0v) is 18.9. The number of nitrogens with zero attached hydrogens (tertiary/aromatic N) is 1. The highest BCUT2D eigenvalue weighted by molar-refractivity contribution is 9.11. The van der Waals surface area contributed by atoms with Gasteiger partial charge in [0.15, 0.2) is 0 Å². The Kier molecular flexibility index (Phi) is 6.74. The van der Waals surface area contributed by atoms with E-state index in [1.807, 2.05) is 48.7 Å². The van der Waals surface area contributed by atoms with Gasteiger partial charge in [-0.3, -0.25) is 4.99 Å². The highest BCUT2D eigenvalue weighted by atomic mass is 79.9. The van der Waals surface area contributed by atoms with Gasteiger partial charge in [0, 0.05) is 16.8 Å². The fourth-order valence-corrected chi connectivity index (χ4v) is 4.29. The molecule has 0 heterocycles. The molecule has 0 atom stereocenters. The molecular formula is C22H18Br2ClNO. The van der Waals surface area contributed by atoms with Gasteiger partial charge in [-0.15, -0.1) is 0 Å². The monoisotopic (exact) mass is 505 g/mol. The van der Waals surface area contributed by atoms with Crippen LogP contribution in [0.5, 0.6) is 5.75 Å². The van der Waals surface area contributed by atoms with E-state index >= 15 is 0 Å². The SMILES string of the molecule is Cc1ccc(N=Cc2cc(Br)c(OCc3ccccc3Cl)c(Br)c2)c(C)c1. The van der Waals surface area contributed by atoms with Crippen LogP contribution in [0.4, 0.5) is 5.69 Å². The Balaban J connectivity index is 1.78. The van der Waals surface area contributed by atoms with E-state index in [0.717, 1.165) is 37.1 Å². The molecule has 0 aromatic heterocycles. The van der Waals surface area contributed by atoms with Crippen molar-refractivity contribution in [2.24, 2.45) is 4.99 Å². The lowest BCUT2D eigenvalue weighted by Gasteiger charge is -2.12. The van der Waals surface area contributed by atoms with Crippen LogP contribution in [-0.2, 0) is 6.61 Å². The number of hydrogen-bond acceptors (Lipinski definition) is 2. The summed E-state index contributed by atoms with van der Waals surface area (Å²) < 4.78 is 7.67. The molecule has 0 saturated carbocycles. The van der Waals surface area contributed by atoms with Crippen LogP contribution in [0.2, 0.25) is 5.02 Å². The second-order valence-electron chi connectivity index (χ2n) is 6.24. The van der Waals surface area contributed by atoms with E-state index in [2.05, 4.69) is 62.8 Å². The van der Waals surface area contributed by atoms with Crippen molar-refractivity contribution in [2.75, 3.05) is 0 Å². The maximum Gasteiger partial charge on any atom is 0.148 e. The highest BCUT2D eigenvalue weighted by Crippen LogP contribution is 2.35. The van der Waals surface area contributed by atoms with E-state index in [1.54, 1.807) is 0 Å². The van der Waals surface area contributed by atoms with Gasteiger partial charge in [-0.1, -0.05) is 47.5 Å². The molecule has 0 N–H and O–H groups in total. The van der Waals surface area contributed by atoms with Gasteiger partial charge in [0.2, 0.25) is 0 Å². The number of hydrogen-bond donors (Lipinski definition) is 0. The van der Waals surface area contributed by atoms with Crippen LogP contribution in [0.3, 0.4) is 0 Å². The predicted octanol–water partition coefficient (Wildman–Crippen LogP) is 7.81. The van der Waals surface area contributed by atoms with Crippen molar-refractivity contribution < 1.29 is 4.74 Å². The summed E-state index contributed by atoms with van der Waals surface area (Å²) in [5.74, 6) is 0.735. The normalized spacial score (nSPS) is 11.1. The highest BCUT2D eigenvalue weighted by Gasteiger charge is 2.10. The van der Waals surface area contributed by atoms with E-state index in [1.165, 1.54) is 5.56 Å². The zero-order valence-electron chi connectivity index (χ0n) is 15.0. The van der Waals surface area contributed by atoms with Gasteiger partial charge < -0.3 is 4.74 Å². The van der Waals surface area contributed by atoms with Crippen LogP contribution in [0, 0.1) is 13.8 Å². The summed E-state index contributed by atoms with van der Waals surface area (Å²) in [6, 6.07) is 17.9. The molecule has 0 bridgehead atoms. The lowest BCUT2D eigenvalue weighted by molar-refractivity contribution is 0.302. The third-order valence-corrected chi connectivity index (χ3v) is 5.60. The summed E-state index contributed by atoms with van der Waals surface area (Å²) in [7, 11) is 0. The summed E-state index contributed by atoms with van der Waals surface area (Å²) in [5, 5.41) is 0.696. The van der Waals surface area contributed by atoms with Crippen molar-refractivity contribution in [2.45, 2.75) is 20.5 Å². The molecule has 3 aromatic carbocycles. The van der Waals surface area contributed by atoms with Gasteiger partial charge in [-0.05, 0) is 81.1 Å². The van der Waals surface area contributed by atoms with Gasteiger partial charge in [0.1, 0.15) is 12.4 Å². The second kappa shape index (κ2) is 9.05. The molecule has 0 aliphatic rings. The molecule has 2 nitrogen and oxygen atoms in total. The van der Waals surface area contributed by atoms with Crippen molar-refractivity contribution >= 4 is 55.4 Å². The van der Waals surface area contributed by atoms with Gasteiger partial charge in [0.05, 0.1) is 14.6 Å². The minimum Gasteiger partial charge on any atom is -0.486 e. The molecule has 27 heavy (non-hydrogen) atoms. The Bertz CT molecular complexity index is 978. The average molecular weight is 508 g/mol. The third-order valence-electron chi connectivity index (χ3n) is 4.06. The van der Waals surface area contributed by atoms with E-state index in [9.17, 15) is 0 Å². The molecule has 0 unspecified atom stereocenters. The molecule has 0 spiro atoms. The standard InChI is InChI=1S/C22H18Br2ClNO/c1-14-7-8-21(15(2)9-14)26-12-16-10-18(23)22(19(24)11-16)27-13-17-5-3-4-6-20(17)25/h3-12H,13H2,1-2H3. The number of ether oxygens (including phenoxy) is 1. The number of rotatable bonds is 5. The average Bonchev–Trinajstić information content (AvgIpc) is 2.61. The van der Waals surface area contributed by atoms with Crippen molar-refractivity contribution in [1.82, 2.24) is 0 Å². The Morgan fingerprint density at radius 3 is 2.37 bits per heavy atom. The first-order chi connectivity index (χ1) is 12.9. The van der Waals surface area contributed by atoms with Crippen molar-refractivity contribution in [3.8, 4) is 5.75 Å². The molecule has 138 valence electrons. The van der Waals surface area contributed by atoms with Crippen LogP contribution in [0.1, 0.15) is 22.3 Å². The van der Waals surface area contributed by atoms with Crippen LogP contribution in [-0.4, -0.2) is 6.21 Å². The van der Waals surface area contributed by atoms with E-state index in [4.69, 9.17) is 16.3 Å². The van der Waals surface area contributed by atoms with Crippen LogP contribution in [0.25, 0.3) is 0 Å².